The van der Waals surface area contributed by atoms with E-state index in [2.05, 4.69) is 15.1 Å². The molecule has 0 fully saturated rings. The minimum Gasteiger partial charge on any atom is -0.493 e. The van der Waals surface area contributed by atoms with Crippen LogP contribution in [0.1, 0.15) is 10.7 Å². The van der Waals surface area contributed by atoms with Crippen molar-refractivity contribution in [3.8, 4) is 33.7 Å². The van der Waals surface area contributed by atoms with E-state index in [4.69, 9.17) is 14.0 Å². The summed E-state index contributed by atoms with van der Waals surface area (Å²) in [7, 11) is 3.19. The molecule has 3 aromatic rings. The van der Waals surface area contributed by atoms with Crippen molar-refractivity contribution in [3.05, 3.63) is 28.9 Å². The van der Waals surface area contributed by atoms with Crippen LogP contribution in [0.25, 0.3) is 22.2 Å². The molecule has 6 nitrogen and oxygen atoms in total. The van der Waals surface area contributed by atoms with Gasteiger partial charge in [0.05, 0.1) is 24.9 Å². The van der Waals surface area contributed by atoms with E-state index in [0.29, 0.717) is 23.2 Å². The number of thiazole rings is 1. The smallest absolute Gasteiger partial charge is 0.270 e. The fourth-order valence-electron chi connectivity index (χ4n) is 2.14. The molecule has 0 bridgehead atoms. The molecule has 2 heterocycles. The second-order valence-electron chi connectivity index (χ2n) is 4.64. The molecule has 114 valence electrons. The van der Waals surface area contributed by atoms with E-state index < -0.39 is 0 Å². The van der Waals surface area contributed by atoms with Crippen LogP contribution in [0.3, 0.4) is 0 Å². The van der Waals surface area contributed by atoms with Crippen molar-refractivity contribution in [3.63, 3.8) is 0 Å². The summed E-state index contributed by atoms with van der Waals surface area (Å²) in [5.41, 5.74) is 1.69. The van der Waals surface area contributed by atoms with E-state index in [1.165, 1.54) is 11.3 Å². The van der Waals surface area contributed by atoms with Gasteiger partial charge in [0.2, 0.25) is 5.82 Å². The summed E-state index contributed by atoms with van der Waals surface area (Å²) in [5, 5.41) is 5.01. The first-order valence-corrected chi connectivity index (χ1v) is 7.44. The van der Waals surface area contributed by atoms with E-state index >= 15 is 0 Å². The predicted molar refractivity (Wildman–Crippen MR) is 83.4 cm³/mol. The number of nitrogens with zero attached hydrogens (tertiary/aromatic N) is 3. The summed E-state index contributed by atoms with van der Waals surface area (Å²) in [6.07, 6.45) is 0. The molecule has 2 aromatic heterocycles. The lowest BCUT2D eigenvalue weighted by atomic mass is 10.2. The standard InChI is InChI=1S/C15H15N3O3S/c1-8-13(22-9(2)16-8)15-17-14(18-21-15)10-5-6-11(19-3)12(7-10)20-4/h5-7H,1-4H3. The molecule has 0 aliphatic carbocycles. The van der Waals surface area contributed by atoms with Crippen LogP contribution in [-0.4, -0.2) is 29.3 Å². The first-order chi connectivity index (χ1) is 10.6. The number of hydrogen-bond donors (Lipinski definition) is 0. The Morgan fingerprint density at radius 3 is 2.45 bits per heavy atom. The van der Waals surface area contributed by atoms with Gasteiger partial charge in [-0.15, -0.1) is 11.3 Å². The Morgan fingerprint density at radius 2 is 1.82 bits per heavy atom. The molecule has 0 unspecified atom stereocenters. The van der Waals surface area contributed by atoms with Crippen LogP contribution in [0.15, 0.2) is 22.7 Å². The molecule has 0 N–H and O–H groups in total. The maximum atomic E-state index is 5.37. The predicted octanol–water partition coefficient (Wildman–Crippen LogP) is 3.49. The quantitative estimate of drug-likeness (QED) is 0.733. The van der Waals surface area contributed by atoms with Crippen molar-refractivity contribution in [2.45, 2.75) is 13.8 Å². The Bertz CT molecular complexity index is 810. The average Bonchev–Trinajstić information content (AvgIpc) is 3.12. The molecule has 0 saturated heterocycles. The van der Waals surface area contributed by atoms with Crippen LogP contribution in [0.5, 0.6) is 11.5 Å². The molecule has 0 amide bonds. The Hall–Kier alpha value is -2.41. The van der Waals surface area contributed by atoms with Gasteiger partial charge >= 0.3 is 0 Å². The van der Waals surface area contributed by atoms with Gasteiger partial charge in [-0.05, 0) is 32.0 Å². The van der Waals surface area contributed by atoms with E-state index in [9.17, 15) is 0 Å². The van der Waals surface area contributed by atoms with Gasteiger partial charge in [-0.2, -0.15) is 4.98 Å². The normalized spacial score (nSPS) is 10.7. The van der Waals surface area contributed by atoms with E-state index in [-0.39, 0.29) is 0 Å². The largest absolute Gasteiger partial charge is 0.493 e. The first kappa shape index (κ1) is 14.5. The summed E-state index contributed by atoms with van der Waals surface area (Å²) < 4.78 is 15.9. The van der Waals surface area contributed by atoms with Gasteiger partial charge in [0.25, 0.3) is 5.89 Å². The Kier molecular flexibility index (Phi) is 3.81. The van der Waals surface area contributed by atoms with Crippen molar-refractivity contribution in [2.75, 3.05) is 14.2 Å². The summed E-state index contributed by atoms with van der Waals surface area (Å²) in [4.78, 5) is 9.73. The van der Waals surface area contributed by atoms with Gasteiger partial charge in [-0.3, -0.25) is 0 Å². The van der Waals surface area contributed by atoms with Crippen molar-refractivity contribution >= 4 is 11.3 Å². The van der Waals surface area contributed by atoms with Crippen molar-refractivity contribution < 1.29 is 14.0 Å². The Morgan fingerprint density at radius 1 is 1.05 bits per heavy atom. The molecular formula is C15H15N3O3S. The van der Waals surface area contributed by atoms with Crippen molar-refractivity contribution in [1.82, 2.24) is 15.1 Å². The number of benzene rings is 1. The zero-order valence-electron chi connectivity index (χ0n) is 12.7. The third kappa shape index (κ3) is 2.55. The maximum Gasteiger partial charge on any atom is 0.270 e. The Labute approximate surface area is 131 Å². The molecule has 0 atom stereocenters. The summed E-state index contributed by atoms with van der Waals surface area (Å²) in [5.74, 6) is 2.26. The summed E-state index contributed by atoms with van der Waals surface area (Å²) in [6.45, 7) is 3.88. The van der Waals surface area contributed by atoms with Gasteiger partial charge in [-0.1, -0.05) is 5.16 Å². The monoisotopic (exact) mass is 317 g/mol. The first-order valence-electron chi connectivity index (χ1n) is 6.63. The minimum atomic E-state index is 0.480. The lowest BCUT2D eigenvalue weighted by Gasteiger charge is -2.07. The second-order valence-corrected chi connectivity index (χ2v) is 5.84. The zero-order chi connectivity index (χ0) is 15.7. The highest BCUT2D eigenvalue weighted by molar-refractivity contribution is 7.15. The Balaban J connectivity index is 1.99. The molecule has 1 aromatic carbocycles. The van der Waals surface area contributed by atoms with Crippen LogP contribution in [-0.2, 0) is 0 Å². The van der Waals surface area contributed by atoms with Crippen LogP contribution in [0, 0.1) is 13.8 Å². The van der Waals surface area contributed by atoms with Gasteiger partial charge < -0.3 is 14.0 Å². The third-order valence-corrected chi connectivity index (χ3v) is 4.23. The van der Waals surface area contributed by atoms with Gasteiger partial charge in [0.1, 0.15) is 4.88 Å². The maximum absolute atomic E-state index is 5.37. The number of rotatable bonds is 4. The zero-order valence-corrected chi connectivity index (χ0v) is 13.5. The van der Waals surface area contributed by atoms with E-state index in [0.717, 1.165) is 21.1 Å². The summed E-state index contributed by atoms with van der Waals surface area (Å²) >= 11 is 1.54. The van der Waals surface area contributed by atoms with Crippen LogP contribution in [0.2, 0.25) is 0 Å². The highest BCUT2D eigenvalue weighted by Gasteiger charge is 2.17. The molecular weight excluding hydrogens is 302 g/mol. The molecule has 22 heavy (non-hydrogen) atoms. The number of aryl methyl sites for hydroxylation is 2. The van der Waals surface area contributed by atoms with Gasteiger partial charge in [-0.25, -0.2) is 4.98 Å². The molecule has 0 radical (unpaired) electrons. The fraction of sp³-hybridized carbons (Fsp3) is 0.267. The molecule has 0 spiro atoms. The molecule has 7 heteroatoms. The number of hydrogen-bond acceptors (Lipinski definition) is 7. The van der Waals surface area contributed by atoms with Crippen LogP contribution in [0.4, 0.5) is 0 Å². The SMILES string of the molecule is COc1ccc(-c2noc(-c3sc(C)nc3C)n2)cc1OC. The molecule has 0 aliphatic rings. The van der Waals surface area contributed by atoms with E-state index in [1.807, 2.05) is 32.0 Å². The van der Waals surface area contributed by atoms with Gasteiger partial charge in [0.15, 0.2) is 11.5 Å². The van der Waals surface area contributed by atoms with Gasteiger partial charge in [0, 0.05) is 5.56 Å². The third-order valence-electron chi connectivity index (χ3n) is 3.17. The highest BCUT2D eigenvalue weighted by Crippen LogP contribution is 2.33. The lowest BCUT2D eigenvalue weighted by Crippen LogP contribution is -1.91. The van der Waals surface area contributed by atoms with Crippen LogP contribution >= 0.6 is 11.3 Å². The molecule has 0 aliphatic heterocycles. The highest BCUT2D eigenvalue weighted by atomic mass is 32.1. The number of aromatic nitrogens is 3. The number of ether oxygens (including phenoxy) is 2. The fourth-order valence-corrected chi connectivity index (χ4v) is 2.98. The topological polar surface area (TPSA) is 70.3 Å². The van der Waals surface area contributed by atoms with E-state index in [1.54, 1.807) is 14.2 Å². The lowest BCUT2D eigenvalue weighted by molar-refractivity contribution is 0.355. The minimum absolute atomic E-state index is 0.480. The second kappa shape index (κ2) is 5.76. The van der Waals surface area contributed by atoms with Crippen LogP contribution < -0.4 is 9.47 Å². The summed E-state index contributed by atoms with van der Waals surface area (Å²) in [6, 6.07) is 5.49. The van der Waals surface area contributed by atoms with Crippen molar-refractivity contribution in [2.24, 2.45) is 0 Å². The average molecular weight is 317 g/mol. The molecule has 0 saturated carbocycles. The molecule has 3 rings (SSSR count). The number of methoxy groups -OCH3 is 2. The van der Waals surface area contributed by atoms with Crippen molar-refractivity contribution in [1.29, 1.82) is 0 Å².